The average molecular weight is 238 g/mol. The summed E-state index contributed by atoms with van der Waals surface area (Å²) in [5.41, 5.74) is 4.70. The molecule has 0 spiro atoms. The lowest BCUT2D eigenvalue weighted by atomic mass is 10.1. The van der Waals surface area contributed by atoms with E-state index < -0.39 is 0 Å². The summed E-state index contributed by atoms with van der Waals surface area (Å²) < 4.78 is 2.04. The van der Waals surface area contributed by atoms with Gasteiger partial charge in [-0.15, -0.1) is 0 Å². The van der Waals surface area contributed by atoms with Gasteiger partial charge in [0.25, 0.3) is 0 Å². The Labute approximate surface area is 106 Å². The van der Waals surface area contributed by atoms with Gasteiger partial charge in [-0.05, 0) is 37.6 Å². The number of aryl methyl sites for hydroxylation is 1. The first-order valence-corrected chi connectivity index (χ1v) is 5.77. The van der Waals surface area contributed by atoms with E-state index in [0.29, 0.717) is 12.0 Å². The Morgan fingerprint density at radius 2 is 1.94 bits per heavy atom. The second-order valence-corrected chi connectivity index (χ2v) is 4.28. The van der Waals surface area contributed by atoms with Crippen molar-refractivity contribution in [2.75, 3.05) is 0 Å². The van der Waals surface area contributed by atoms with Crippen LogP contribution in [0.15, 0.2) is 30.3 Å². The summed E-state index contributed by atoms with van der Waals surface area (Å²) in [5, 5.41) is 8.64. The molecule has 0 radical (unpaired) electrons. The highest BCUT2D eigenvalue weighted by molar-refractivity contribution is 5.77. The van der Waals surface area contributed by atoms with Crippen LogP contribution < -0.4 is 0 Å². The standard InChI is InChI=1S/C15H14N2O/c1-11-9-14(10-18)12(2)17(11)15-5-3-13(4-6-15)7-8-16/h3-6,9-10H,7H2,1-2H3. The molecule has 0 saturated carbocycles. The smallest absolute Gasteiger partial charge is 0.151 e. The number of aromatic nitrogens is 1. The van der Waals surface area contributed by atoms with Crippen LogP contribution in [0.1, 0.15) is 27.3 Å². The Morgan fingerprint density at radius 3 is 2.44 bits per heavy atom. The van der Waals surface area contributed by atoms with Gasteiger partial charge in [0.1, 0.15) is 0 Å². The number of nitriles is 1. The molecule has 3 heteroatoms. The maximum absolute atomic E-state index is 10.9. The SMILES string of the molecule is Cc1cc(C=O)c(C)n1-c1ccc(CC#N)cc1. The Kier molecular flexibility index (Phi) is 3.29. The first-order valence-electron chi connectivity index (χ1n) is 5.77. The molecule has 0 fully saturated rings. The van der Waals surface area contributed by atoms with Crippen molar-refractivity contribution in [2.24, 2.45) is 0 Å². The molecule has 0 aliphatic heterocycles. The second kappa shape index (κ2) is 4.89. The fraction of sp³-hybridized carbons (Fsp3) is 0.200. The first kappa shape index (κ1) is 12.1. The van der Waals surface area contributed by atoms with Crippen LogP contribution in [0.5, 0.6) is 0 Å². The van der Waals surface area contributed by atoms with E-state index in [-0.39, 0.29) is 0 Å². The number of carbonyl (C=O) groups is 1. The molecular formula is C15H14N2O. The molecule has 0 aliphatic carbocycles. The molecule has 0 amide bonds. The van der Waals surface area contributed by atoms with Gasteiger partial charge in [0, 0.05) is 22.6 Å². The summed E-state index contributed by atoms with van der Waals surface area (Å²) in [6.07, 6.45) is 1.30. The number of benzene rings is 1. The minimum atomic E-state index is 0.420. The molecule has 2 aromatic rings. The Bertz CT molecular complexity index is 615. The Morgan fingerprint density at radius 1 is 1.28 bits per heavy atom. The number of nitrogens with zero attached hydrogens (tertiary/aromatic N) is 2. The van der Waals surface area contributed by atoms with E-state index in [1.54, 1.807) is 0 Å². The summed E-state index contributed by atoms with van der Waals surface area (Å²) in [6.45, 7) is 3.91. The van der Waals surface area contributed by atoms with Crippen LogP contribution in [0.3, 0.4) is 0 Å². The van der Waals surface area contributed by atoms with Gasteiger partial charge < -0.3 is 4.57 Å². The van der Waals surface area contributed by atoms with Crippen LogP contribution in [0.2, 0.25) is 0 Å². The Balaban J connectivity index is 2.46. The maximum atomic E-state index is 10.9. The van der Waals surface area contributed by atoms with E-state index in [0.717, 1.165) is 28.9 Å². The third-order valence-electron chi connectivity index (χ3n) is 3.07. The highest BCUT2D eigenvalue weighted by atomic mass is 16.1. The van der Waals surface area contributed by atoms with Crippen LogP contribution in [0.25, 0.3) is 5.69 Å². The number of hydrogen-bond acceptors (Lipinski definition) is 2. The molecule has 0 saturated heterocycles. The van der Waals surface area contributed by atoms with Crippen molar-refractivity contribution >= 4 is 6.29 Å². The zero-order valence-corrected chi connectivity index (χ0v) is 10.5. The monoisotopic (exact) mass is 238 g/mol. The van der Waals surface area contributed by atoms with Gasteiger partial charge in [-0.1, -0.05) is 12.1 Å². The van der Waals surface area contributed by atoms with E-state index in [1.165, 1.54) is 0 Å². The van der Waals surface area contributed by atoms with Crippen LogP contribution in [-0.2, 0) is 6.42 Å². The van der Waals surface area contributed by atoms with Crippen molar-refractivity contribution in [1.29, 1.82) is 5.26 Å². The predicted molar refractivity (Wildman–Crippen MR) is 69.9 cm³/mol. The normalized spacial score (nSPS) is 10.1. The van der Waals surface area contributed by atoms with Crippen LogP contribution in [-0.4, -0.2) is 10.9 Å². The summed E-state index contributed by atoms with van der Waals surface area (Å²) in [4.78, 5) is 10.9. The molecule has 1 aromatic heterocycles. The molecule has 1 heterocycles. The van der Waals surface area contributed by atoms with E-state index in [4.69, 9.17) is 5.26 Å². The number of rotatable bonds is 3. The van der Waals surface area contributed by atoms with E-state index >= 15 is 0 Å². The summed E-state index contributed by atoms with van der Waals surface area (Å²) in [6, 6.07) is 11.8. The molecule has 0 unspecified atom stereocenters. The maximum Gasteiger partial charge on any atom is 0.151 e. The Hall–Kier alpha value is -2.34. The minimum absolute atomic E-state index is 0.420. The van der Waals surface area contributed by atoms with Crippen LogP contribution in [0, 0.1) is 25.2 Å². The minimum Gasteiger partial charge on any atom is -0.318 e. The predicted octanol–water partition coefficient (Wildman–Crippen LogP) is 2.97. The van der Waals surface area contributed by atoms with Gasteiger partial charge in [-0.2, -0.15) is 5.26 Å². The van der Waals surface area contributed by atoms with Gasteiger partial charge in [0.2, 0.25) is 0 Å². The molecule has 2 rings (SSSR count). The summed E-state index contributed by atoms with van der Waals surface area (Å²) >= 11 is 0. The van der Waals surface area contributed by atoms with E-state index in [1.807, 2.05) is 48.7 Å². The fourth-order valence-electron chi connectivity index (χ4n) is 2.16. The average Bonchev–Trinajstić information content (AvgIpc) is 2.66. The highest BCUT2D eigenvalue weighted by Gasteiger charge is 2.09. The summed E-state index contributed by atoms with van der Waals surface area (Å²) in [5.74, 6) is 0. The molecule has 3 nitrogen and oxygen atoms in total. The molecule has 0 atom stereocenters. The van der Waals surface area contributed by atoms with Crippen molar-refractivity contribution < 1.29 is 4.79 Å². The van der Waals surface area contributed by atoms with Crippen molar-refractivity contribution in [3.8, 4) is 11.8 Å². The van der Waals surface area contributed by atoms with Crippen LogP contribution >= 0.6 is 0 Å². The largest absolute Gasteiger partial charge is 0.318 e. The first-order chi connectivity index (χ1) is 8.67. The van der Waals surface area contributed by atoms with Crippen molar-refractivity contribution in [3.05, 3.63) is 52.8 Å². The van der Waals surface area contributed by atoms with Gasteiger partial charge in [0.05, 0.1) is 12.5 Å². The van der Waals surface area contributed by atoms with Gasteiger partial charge in [-0.3, -0.25) is 4.79 Å². The van der Waals surface area contributed by atoms with E-state index in [2.05, 4.69) is 6.07 Å². The van der Waals surface area contributed by atoms with E-state index in [9.17, 15) is 4.79 Å². The number of hydrogen-bond donors (Lipinski definition) is 0. The number of carbonyl (C=O) groups excluding carboxylic acids is 1. The quantitative estimate of drug-likeness (QED) is 0.772. The molecular weight excluding hydrogens is 224 g/mol. The lowest BCUT2D eigenvalue weighted by Gasteiger charge is -2.09. The lowest BCUT2D eigenvalue weighted by Crippen LogP contribution is -1.99. The zero-order chi connectivity index (χ0) is 13.1. The molecule has 0 bridgehead atoms. The third kappa shape index (κ3) is 2.05. The molecule has 18 heavy (non-hydrogen) atoms. The van der Waals surface area contributed by atoms with Crippen molar-refractivity contribution in [2.45, 2.75) is 20.3 Å². The second-order valence-electron chi connectivity index (χ2n) is 4.28. The summed E-state index contributed by atoms with van der Waals surface area (Å²) in [7, 11) is 0. The molecule has 0 aliphatic rings. The number of aldehydes is 1. The van der Waals surface area contributed by atoms with Crippen LogP contribution in [0.4, 0.5) is 0 Å². The van der Waals surface area contributed by atoms with Gasteiger partial charge in [-0.25, -0.2) is 0 Å². The van der Waals surface area contributed by atoms with Gasteiger partial charge >= 0.3 is 0 Å². The highest BCUT2D eigenvalue weighted by Crippen LogP contribution is 2.20. The van der Waals surface area contributed by atoms with Crippen molar-refractivity contribution in [3.63, 3.8) is 0 Å². The molecule has 90 valence electrons. The topological polar surface area (TPSA) is 45.8 Å². The zero-order valence-electron chi connectivity index (χ0n) is 10.5. The van der Waals surface area contributed by atoms with Crippen molar-refractivity contribution in [1.82, 2.24) is 4.57 Å². The fourth-order valence-corrected chi connectivity index (χ4v) is 2.16. The lowest BCUT2D eigenvalue weighted by molar-refractivity contribution is 0.112. The molecule has 1 aromatic carbocycles. The van der Waals surface area contributed by atoms with Gasteiger partial charge in [0.15, 0.2) is 6.29 Å². The molecule has 0 N–H and O–H groups in total. The third-order valence-corrected chi connectivity index (χ3v) is 3.07.